The van der Waals surface area contributed by atoms with Crippen molar-refractivity contribution in [3.63, 3.8) is 0 Å². The van der Waals surface area contributed by atoms with Crippen LogP contribution in [0.5, 0.6) is 5.75 Å². The van der Waals surface area contributed by atoms with Gasteiger partial charge in [-0.05, 0) is 37.1 Å². The minimum Gasteiger partial charge on any atom is -1.00 e. The highest BCUT2D eigenvalue weighted by atomic mass is 79.9. The predicted molar refractivity (Wildman–Crippen MR) is 76.7 cm³/mol. The molecule has 2 rings (SSSR count). The summed E-state index contributed by atoms with van der Waals surface area (Å²) in [6.45, 7) is 3.34. The number of hydrogen-bond acceptors (Lipinski definition) is 1. The fourth-order valence-corrected chi connectivity index (χ4v) is 2.15. The minimum absolute atomic E-state index is 0. The van der Waals surface area contributed by atoms with Gasteiger partial charge in [0.25, 0.3) is 0 Å². The molecule has 2 aromatic rings. The summed E-state index contributed by atoms with van der Waals surface area (Å²) < 4.78 is 9.56. The maximum Gasteiger partial charge on any atom is 0.248 e. The standard InChI is InChI=1S/C16H23N2O.BrH/c1-3-4-5-6-11-17-12-13-18(14-17)15-7-9-16(19-2)10-8-15;/h7-10,12-14H,3-6,11H2,1-2H3;1H/q+1;/p-1. The molecule has 0 fully saturated rings. The van der Waals surface area contributed by atoms with Crippen LogP contribution >= 0.6 is 0 Å². The normalized spacial score (nSPS) is 10.1. The Morgan fingerprint density at radius 3 is 2.50 bits per heavy atom. The Hall–Kier alpha value is -1.29. The molecular formula is C16H23BrN2O. The summed E-state index contributed by atoms with van der Waals surface area (Å²) in [5.74, 6) is 0.892. The van der Waals surface area contributed by atoms with Crippen molar-refractivity contribution < 1.29 is 26.3 Å². The first kappa shape index (κ1) is 16.8. The second kappa shape index (κ2) is 8.80. The van der Waals surface area contributed by atoms with Crippen LogP contribution in [0.15, 0.2) is 43.0 Å². The predicted octanol–water partition coefficient (Wildman–Crippen LogP) is 0.358. The molecule has 1 aromatic heterocycles. The van der Waals surface area contributed by atoms with Crippen LogP contribution < -0.4 is 26.3 Å². The Morgan fingerprint density at radius 1 is 1.10 bits per heavy atom. The lowest BCUT2D eigenvalue weighted by molar-refractivity contribution is -0.595. The molecule has 0 saturated heterocycles. The monoisotopic (exact) mass is 338 g/mol. The first-order valence-electron chi connectivity index (χ1n) is 7.05. The molecule has 4 heteroatoms. The van der Waals surface area contributed by atoms with Gasteiger partial charge in [0.2, 0.25) is 6.33 Å². The molecular weight excluding hydrogens is 316 g/mol. The van der Waals surface area contributed by atoms with Crippen molar-refractivity contribution in [1.29, 1.82) is 0 Å². The average Bonchev–Trinajstić information content (AvgIpc) is 2.92. The SMILES string of the molecule is CCCCCCn1cc[n+](-c2ccc(OC)cc2)c1.[Br-]. The molecule has 0 N–H and O–H groups in total. The molecule has 0 saturated carbocycles. The molecule has 20 heavy (non-hydrogen) atoms. The summed E-state index contributed by atoms with van der Waals surface area (Å²) in [6.07, 6.45) is 11.6. The van der Waals surface area contributed by atoms with Crippen molar-refractivity contribution in [2.75, 3.05) is 7.11 Å². The zero-order chi connectivity index (χ0) is 13.5. The molecule has 0 atom stereocenters. The van der Waals surface area contributed by atoms with Gasteiger partial charge in [0.1, 0.15) is 23.8 Å². The zero-order valence-electron chi connectivity index (χ0n) is 12.3. The molecule has 110 valence electrons. The lowest BCUT2D eigenvalue weighted by Gasteiger charge is -1.99. The number of methoxy groups -OCH3 is 1. The number of imidazole rings is 1. The number of halogens is 1. The van der Waals surface area contributed by atoms with E-state index in [1.807, 2.05) is 12.1 Å². The molecule has 0 spiro atoms. The van der Waals surface area contributed by atoms with Crippen LogP contribution in [0, 0.1) is 0 Å². The van der Waals surface area contributed by atoms with Gasteiger partial charge in [0.05, 0.1) is 13.7 Å². The summed E-state index contributed by atoms with van der Waals surface area (Å²) in [7, 11) is 1.69. The van der Waals surface area contributed by atoms with E-state index in [0.29, 0.717) is 0 Å². The number of nitrogens with zero attached hydrogens (tertiary/aromatic N) is 2. The quantitative estimate of drug-likeness (QED) is 0.526. The molecule has 0 amide bonds. The smallest absolute Gasteiger partial charge is 0.248 e. The molecule has 0 bridgehead atoms. The van der Waals surface area contributed by atoms with E-state index in [2.05, 4.69) is 46.9 Å². The number of unbranched alkanes of at least 4 members (excludes halogenated alkanes) is 3. The van der Waals surface area contributed by atoms with Gasteiger partial charge in [-0.25, -0.2) is 9.13 Å². The van der Waals surface area contributed by atoms with E-state index in [-0.39, 0.29) is 17.0 Å². The summed E-state index contributed by atoms with van der Waals surface area (Å²) in [6, 6.07) is 8.11. The van der Waals surface area contributed by atoms with Gasteiger partial charge >= 0.3 is 0 Å². The van der Waals surface area contributed by atoms with Crippen LogP contribution in [0.4, 0.5) is 0 Å². The second-order valence-corrected chi connectivity index (χ2v) is 4.82. The highest BCUT2D eigenvalue weighted by Crippen LogP contribution is 2.11. The third-order valence-electron chi connectivity index (χ3n) is 3.33. The van der Waals surface area contributed by atoms with Crippen LogP contribution in [0.2, 0.25) is 0 Å². The second-order valence-electron chi connectivity index (χ2n) is 4.82. The van der Waals surface area contributed by atoms with E-state index < -0.39 is 0 Å². The van der Waals surface area contributed by atoms with Gasteiger partial charge in [-0.3, -0.25) is 0 Å². The Morgan fingerprint density at radius 2 is 1.85 bits per heavy atom. The molecule has 1 heterocycles. The Bertz CT molecular complexity index is 493. The number of hydrogen-bond donors (Lipinski definition) is 0. The number of ether oxygens (including phenoxy) is 1. The van der Waals surface area contributed by atoms with Crippen LogP contribution in [-0.2, 0) is 6.54 Å². The molecule has 0 radical (unpaired) electrons. The van der Waals surface area contributed by atoms with Crippen molar-refractivity contribution >= 4 is 0 Å². The first-order chi connectivity index (χ1) is 9.33. The fourth-order valence-electron chi connectivity index (χ4n) is 2.15. The van der Waals surface area contributed by atoms with Gasteiger partial charge in [0.15, 0.2) is 0 Å². The zero-order valence-corrected chi connectivity index (χ0v) is 13.8. The number of benzene rings is 1. The first-order valence-corrected chi connectivity index (χ1v) is 7.05. The summed E-state index contributed by atoms with van der Waals surface area (Å²) in [4.78, 5) is 0. The third-order valence-corrected chi connectivity index (χ3v) is 3.33. The summed E-state index contributed by atoms with van der Waals surface area (Å²) >= 11 is 0. The Balaban J connectivity index is 0.00000200. The highest BCUT2D eigenvalue weighted by molar-refractivity contribution is 5.31. The number of aromatic nitrogens is 2. The largest absolute Gasteiger partial charge is 1.00 e. The highest BCUT2D eigenvalue weighted by Gasteiger charge is 2.06. The average molecular weight is 339 g/mol. The molecule has 3 nitrogen and oxygen atoms in total. The van der Waals surface area contributed by atoms with E-state index in [4.69, 9.17) is 4.74 Å². The number of aryl methyl sites for hydroxylation is 1. The molecule has 0 aliphatic heterocycles. The van der Waals surface area contributed by atoms with Crippen molar-refractivity contribution in [1.82, 2.24) is 4.57 Å². The minimum atomic E-state index is 0. The summed E-state index contributed by atoms with van der Waals surface area (Å²) in [5.41, 5.74) is 1.16. The van der Waals surface area contributed by atoms with Crippen molar-refractivity contribution in [2.24, 2.45) is 0 Å². The van der Waals surface area contributed by atoms with Crippen molar-refractivity contribution in [2.45, 2.75) is 39.2 Å². The van der Waals surface area contributed by atoms with Gasteiger partial charge in [-0.1, -0.05) is 19.8 Å². The fraction of sp³-hybridized carbons (Fsp3) is 0.438. The van der Waals surface area contributed by atoms with Gasteiger partial charge < -0.3 is 21.7 Å². The van der Waals surface area contributed by atoms with Crippen LogP contribution in [0.1, 0.15) is 32.6 Å². The van der Waals surface area contributed by atoms with Gasteiger partial charge in [0, 0.05) is 0 Å². The van der Waals surface area contributed by atoms with E-state index in [9.17, 15) is 0 Å². The van der Waals surface area contributed by atoms with Crippen molar-refractivity contribution in [3.8, 4) is 11.4 Å². The van der Waals surface area contributed by atoms with Gasteiger partial charge in [-0.2, -0.15) is 0 Å². The van der Waals surface area contributed by atoms with E-state index in [1.165, 1.54) is 25.7 Å². The van der Waals surface area contributed by atoms with E-state index >= 15 is 0 Å². The molecule has 0 aliphatic carbocycles. The lowest BCUT2D eigenvalue weighted by atomic mass is 10.2. The molecule has 0 unspecified atom stereocenters. The maximum atomic E-state index is 5.17. The topological polar surface area (TPSA) is 18.0 Å². The van der Waals surface area contributed by atoms with E-state index in [1.54, 1.807) is 7.11 Å². The van der Waals surface area contributed by atoms with Crippen LogP contribution in [-0.4, -0.2) is 11.7 Å². The van der Waals surface area contributed by atoms with Crippen LogP contribution in [0.3, 0.4) is 0 Å². The number of rotatable bonds is 7. The molecule has 0 aliphatic rings. The van der Waals surface area contributed by atoms with E-state index in [0.717, 1.165) is 18.0 Å². The molecule has 1 aromatic carbocycles. The van der Waals surface area contributed by atoms with Crippen molar-refractivity contribution in [3.05, 3.63) is 43.0 Å². The van der Waals surface area contributed by atoms with Gasteiger partial charge in [-0.15, -0.1) is 0 Å². The van der Waals surface area contributed by atoms with Crippen LogP contribution in [0.25, 0.3) is 5.69 Å². The Labute approximate surface area is 132 Å². The Kier molecular flexibility index (Phi) is 7.37. The maximum absolute atomic E-state index is 5.17. The lowest BCUT2D eigenvalue weighted by Crippen LogP contribution is -3.00. The summed E-state index contributed by atoms with van der Waals surface area (Å²) in [5, 5.41) is 0. The third kappa shape index (κ3) is 4.67.